The van der Waals surface area contributed by atoms with Gasteiger partial charge in [-0.2, -0.15) is 0 Å². The van der Waals surface area contributed by atoms with Crippen molar-refractivity contribution in [1.29, 1.82) is 0 Å². The zero-order valence-corrected chi connectivity index (χ0v) is 19.6. The van der Waals surface area contributed by atoms with Crippen LogP contribution >= 0.6 is 23.2 Å². The fourth-order valence-electron chi connectivity index (χ4n) is 6.26. The Morgan fingerprint density at radius 1 is 1.06 bits per heavy atom. The summed E-state index contributed by atoms with van der Waals surface area (Å²) in [6.45, 7) is 2.00. The highest BCUT2D eigenvalue weighted by Gasteiger charge is 2.70. The van der Waals surface area contributed by atoms with Gasteiger partial charge in [-0.05, 0) is 55.7 Å². The number of hydrogen-bond acceptors (Lipinski definition) is 6. The van der Waals surface area contributed by atoms with Crippen LogP contribution in [0.2, 0.25) is 10.0 Å². The summed E-state index contributed by atoms with van der Waals surface area (Å²) in [7, 11) is 0. The normalized spacial score (nSPS) is 30.8. The van der Waals surface area contributed by atoms with Gasteiger partial charge in [0.2, 0.25) is 11.8 Å². The number of nitrogens with zero attached hydrogens (tertiary/aromatic N) is 2. The van der Waals surface area contributed by atoms with Crippen LogP contribution in [0.1, 0.15) is 29.3 Å². The number of hydrogen-bond donors (Lipinski definition) is 0. The lowest BCUT2D eigenvalue weighted by molar-refractivity contribution is -0.125. The zero-order valence-electron chi connectivity index (χ0n) is 18.1. The van der Waals surface area contributed by atoms with Crippen LogP contribution in [0.4, 0.5) is 5.69 Å². The van der Waals surface area contributed by atoms with Crippen molar-refractivity contribution in [3.8, 4) is 0 Å². The maximum atomic E-state index is 13.5. The van der Waals surface area contributed by atoms with Crippen LogP contribution in [0.15, 0.2) is 47.6 Å². The first-order valence-electron chi connectivity index (χ1n) is 11.2. The first kappa shape index (κ1) is 21.6. The summed E-state index contributed by atoms with van der Waals surface area (Å²) in [6.07, 6.45) is 0.484. The van der Waals surface area contributed by atoms with Crippen molar-refractivity contribution < 1.29 is 24.0 Å². The predicted molar refractivity (Wildman–Crippen MR) is 125 cm³/mol. The summed E-state index contributed by atoms with van der Waals surface area (Å²) in [6, 6.07) is 11.6. The second kappa shape index (κ2) is 7.82. The summed E-state index contributed by atoms with van der Waals surface area (Å²) in [5, 5.41) is 5.33. The molecule has 174 valence electrons. The summed E-state index contributed by atoms with van der Waals surface area (Å²) in [5.41, 5.74) is 2.28. The molecule has 34 heavy (non-hydrogen) atoms. The molecule has 0 radical (unpaired) electrons. The van der Waals surface area contributed by atoms with Crippen LogP contribution in [0.25, 0.3) is 0 Å². The predicted octanol–water partition coefficient (Wildman–Crippen LogP) is 4.34. The molecule has 9 heteroatoms. The van der Waals surface area contributed by atoms with Gasteiger partial charge in [0.1, 0.15) is 6.10 Å². The average molecular weight is 499 g/mol. The molecule has 3 fully saturated rings. The number of fused-ring (bicyclic) bond motifs is 8. The smallest absolute Gasteiger partial charge is 0.338 e. The molecular formula is C25H20Cl2N2O5. The number of amides is 2. The number of rotatable bonds is 4. The van der Waals surface area contributed by atoms with Crippen molar-refractivity contribution in [3.63, 3.8) is 0 Å². The van der Waals surface area contributed by atoms with Crippen molar-refractivity contribution in [2.45, 2.75) is 19.4 Å². The molecule has 6 atom stereocenters. The molecule has 4 aliphatic rings. The van der Waals surface area contributed by atoms with Crippen LogP contribution in [-0.4, -0.2) is 36.2 Å². The molecule has 2 aliphatic carbocycles. The summed E-state index contributed by atoms with van der Waals surface area (Å²) in [5.74, 6) is -1.99. The van der Waals surface area contributed by atoms with E-state index in [1.165, 1.54) is 4.90 Å². The van der Waals surface area contributed by atoms with Gasteiger partial charge >= 0.3 is 5.97 Å². The van der Waals surface area contributed by atoms with E-state index in [4.69, 9.17) is 32.8 Å². The third kappa shape index (κ3) is 2.96. The van der Waals surface area contributed by atoms with Gasteiger partial charge in [-0.15, -0.1) is 0 Å². The van der Waals surface area contributed by atoms with Crippen molar-refractivity contribution in [3.05, 3.63) is 63.6 Å². The van der Waals surface area contributed by atoms with E-state index in [9.17, 15) is 14.4 Å². The van der Waals surface area contributed by atoms with E-state index >= 15 is 0 Å². The number of oxime groups is 1. The second-order valence-corrected chi connectivity index (χ2v) is 9.93. The van der Waals surface area contributed by atoms with E-state index in [2.05, 4.69) is 5.16 Å². The van der Waals surface area contributed by atoms with Crippen LogP contribution in [-0.2, 0) is 19.2 Å². The van der Waals surface area contributed by atoms with Gasteiger partial charge in [0.25, 0.3) is 0 Å². The summed E-state index contributed by atoms with van der Waals surface area (Å²) in [4.78, 5) is 46.0. The molecule has 2 saturated carbocycles. The average Bonchev–Trinajstić information content (AvgIpc) is 3.55. The second-order valence-electron chi connectivity index (χ2n) is 9.09. The lowest BCUT2D eigenvalue weighted by Crippen LogP contribution is -2.41. The molecule has 0 N–H and O–H groups in total. The lowest BCUT2D eigenvalue weighted by Gasteiger charge is -2.30. The Morgan fingerprint density at radius 3 is 2.44 bits per heavy atom. The first-order chi connectivity index (χ1) is 16.4. The molecule has 2 aromatic rings. The highest BCUT2D eigenvalue weighted by atomic mass is 35.5. The van der Waals surface area contributed by atoms with E-state index < -0.39 is 17.8 Å². The van der Waals surface area contributed by atoms with Gasteiger partial charge in [0.05, 0.1) is 40.4 Å². The minimum atomic E-state index is -0.444. The van der Waals surface area contributed by atoms with Gasteiger partial charge in [0.15, 0.2) is 0 Å². The number of ether oxygens (including phenoxy) is 1. The Kier molecular flexibility index (Phi) is 4.97. The zero-order chi connectivity index (χ0) is 23.7. The topological polar surface area (TPSA) is 85.3 Å². The van der Waals surface area contributed by atoms with Crippen LogP contribution in [0.3, 0.4) is 0 Å². The minimum Gasteiger partial charge on any atom is -0.462 e. The molecular weight excluding hydrogens is 479 g/mol. The molecule has 2 aromatic carbocycles. The fraction of sp³-hybridized carbons (Fsp3) is 0.360. The molecule has 2 aliphatic heterocycles. The quantitative estimate of drug-likeness (QED) is 0.462. The van der Waals surface area contributed by atoms with Gasteiger partial charge in [-0.25, -0.2) is 4.79 Å². The number of anilines is 1. The van der Waals surface area contributed by atoms with Gasteiger partial charge in [-0.1, -0.05) is 34.4 Å². The molecule has 0 unspecified atom stereocenters. The highest BCUT2D eigenvalue weighted by molar-refractivity contribution is 6.37. The Morgan fingerprint density at radius 2 is 1.76 bits per heavy atom. The third-order valence-electron chi connectivity index (χ3n) is 7.53. The summed E-state index contributed by atoms with van der Waals surface area (Å²) < 4.78 is 5.01. The van der Waals surface area contributed by atoms with E-state index in [1.54, 1.807) is 43.3 Å². The molecule has 2 heterocycles. The molecule has 0 aromatic heterocycles. The largest absolute Gasteiger partial charge is 0.462 e. The summed E-state index contributed by atoms with van der Waals surface area (Å²) >= 11 is 12.5. The van der Waals surface area contributed by atoms with E-state index in [1.807, 2.05) is 6.07 Å². The Hall–Kier alpha value is -2.90. The van der Waals surface area contributed by atoms with Gasteiger partial charge in [-0.3, -0.25) is 14.5 Å². The standard InChI is InChI=1S/C25H20Cl2N2O5/c1-2-33-25(32)11-3-6-13(7-4-11)29-23(30)18-15-10-16(19(18)24(29)31)22-20(15)21(28-34-22)14-8-5-12(26)9-17(14)27/h3-9,15-16,18-20,22H,2,10H2,1H3/t15-,16-,18+,19-,20-,22+/m0/s1. The Labute approximate surface area is 205 Å². The molecule has 7 nitrogen and oxygen atoms in total. The maximum absolute atomic E-state index is 13.5. The SMILES string of the molecule is CCOC(=O)c1ccc(N2C(=O)[C@@H]3[C@@H]4C[C@H]([C@H]5ON=C(c6ccc(Cl)cc6Cl)[C@H]45)[C@@H]3C2=O)cc1. The van der Waals surface area contributed by atoms with Crippen LogP contribution in [0.5, 0.6) is 0 Å². The Bertz CT molecular complexity index is 1260. The molecule has 2 amide bonds. The molecule has 2 bridgehead atoms. The monoisotopic (exact) mass is 498 g/mol. The van der Waals surface area contributed by atoms with Crippen molar-refractivity contribution >= 4 is 52.4 Å². The number of carbonyl (C=O) groups is 3. The van der Waals surface area contributed by atoms with E-state index in [-0.39, 0.29) is 42.3 Å². The van der Waals surface area contributed by atoms with Gasteiger partial charge < -0.3 is 9.57 Å². The minimum absolute atomic E-state index is 0.0618. The third-order valence-corrected chi connectivity index (χ3v) is 8.08. The highest BCUT2D eigenvalue weighted by Crippen LogP contribution is 2.62. The number of imide groups is 1. The van der Waals surface area contributed by atoms with Crippen LogP contribution in [0, 0.1) is 29.6 Å². The van der Waals surface area contributed by atoms with Crippen LogP contribution < -0.4 is 4.90 Å². The van der Waals surface area contributed by atoms with Crippen molar-refractivity contribution in [1.82, 2.24) is 0 Å². The van der Waals surface area contributed by atoms with Gasteiger partial charge in [0, 0.05) is 22.4 Å². The number of halogens is 2. The number of carbonyl (C=O) groups excluding carboxylic acids is 3. The first-order valence-corrected chi connectivity index (χ1v) is 12.0. The van der Waals surface area contributed by atoms with Crippen molar-refractivity contribution in [2.75, 3.05) is 11.5 Å². The number of esters is 1. The molecule has 0 spiro atoms. The fourth-order valence-corrected chi connectivity index (χ4v) is 6.77. The van der Waals surface area contributed by atoms with E-state index in [0.717, 1.165) is 17.7 Å². The maximum Gasteiger partial charge on any atom is 0.338 e. The van der Waals surface area contributed by atoms with E-state index in [0.29, 0.717) is 21.3 Å². The number of benzene rings is 2. The van der Waals surface area contributed by atoms with Crippen molar-refractivity contribution in [2.24, 2.45) is 34.7 Å². The molecule has 6 rings (SSSR count). The molecule has 1 saturated heterocycles. The lowest BCUT2D eigenvalue weighted by atomic mass is 9.71. The Balaban J connectivity index is 1.29.